The highest BCUT2D eigenvalue weighted by molar-refractivity contribution is 5.28. The van der Waals surface area contributed by atoms with Crippen molar-refractivity contribution in [1.82, 2.24) is 5.32 Å². The number of halogens is 2. The van der Waals surface area contributed by atoms with Crippen molar-refractivity contribution in [2.75, 3.05) is 6.54 Å². The van der Waals surface area contributed by atoms with E-state index in [0.717, 1.165) is 12.1 Å². The summed E-state index contributed by atoms with van der Waals surface area (Å²) < 4.78 is 27.5. The van der Waals surface area contributed by atoms with Gasteiger partial charge in [0, 0.05) is 11.6 Å². The van der Waals surface area contributed by atoms with Crippen LogP contribution in [0.4, 0.5) is 8.78 Å². The zero-order valence-electron chi connectivity index (χ0n) is 11.8. The molecule has 0 aliphatic carbocycles. The Bertz CT molecular complexity index is 543. The molecule has 1 atom stereocenters. The maximum absolute atomic E-state index is 13.8. The van der Waals surface area contributed by atoms with Gasteiger partial charge in [0.1, 0.15) is 11.6 Å². The van der Waals surface area contributed by atoms with E-state index < -0.39 is 11.6 Å². The van der Waals surface area contributed by atoms with Gasteiger partial charge in [0.05, 0.1) is 0 Å². The van der Waals surface area contributed by atoms with Crippen molar-refractivity contribution in [3.05, 3.63) is 70.8 Å². The van der Waals surface area contributed by atoms with E-state index in [-0.39, 0.29) is 11.6 Å². The van der Waals surface area contributed by atoms with Crippen LogP contribution in [0, 0.1) is 18.6 Å². The average Bonchev–Trinajstić information content (AvgIpc) is 2.43. The minimum Gasteiger partial charge on any atom is -0.310 e. The molecule has 0 spiro atoms. The Morgan fingerprint density at radius 2 is 1.60 bits per heavy atom. The van der Waals surface area contributed by atoms with E-state index in [1.165, 1.54) is 23.8 Å². The summed E-state index contributed by atoms with van der Waals surface area (Å²) in [5, 5.41) is 3.29. The normalized spacial score (nSPS) is 12.4. The molecule has 0 fully saturated rings. The monoisotopic (exact) mass is 275 g/mol. The van der Waals surface area contributed by atoms with Gasteiger partial charge in [-0.1, -0.05) is 42.8 Å². The average molecular weight is 275 g/mol. The van der Waals surface area contributed by atoms with Crippen LogP contribution in [-0.2, 0) is 6.42 Å². The van der Waals surface area contributed by atoms with Crippen molar-refractivity contribution < 1.29 is 8.78 Å². The minimum absolute atomic E-state index is 0.0907. The Labute approximate surface area is 118 Å². The van der Waals surface area contributed by atoms with Crippen molar-refractivity contribution in [3.8, 4) is 0 Å². The molecule has 0 aliphatic heterocycles. The zero-order chi connectivity index (χ0) is 14.5. The fourth-order valence-electron chi connectivity index (χ4n) is 2.28. The topological polar surface area (TPSA) is 12.0 Å². The Kier molecular flexibility index (Phi) is 4.85. The van der Waals surface area contributed by atoms with E-state index in [0.29, 0.717) is 6.42 Å². The molecule has 0 heterocycles. The summed E-state index contributed by atoms with van der Waals surface area (Å²) in [6, 6.07) is 11.9. The van der Waals surface area contributed by atoms with Crippen molar-refractivity contribution >= 4 is 0 Å². The van der Waals surface area contributed by atoms with E-state index in [1.54, 1.807) is 0 Å². The van der Waals surface area contributed by atoms with Crippen LogP contribution in [0.3, 0.4) is 0 Å². The highest BCUT2D eigenvalue weighted by Gasteiger charge is 2.16. The molecule has 0 aromatic heterocycles. The van der Waals surface area contributed by atoms with Gasteiger partial charge in [-0.05, 0) is 37.6 Å². The first-order chi connectivity index (χ1) is 9.61. The lowest BCUT2D eigenvalue weighted by atomic mass is 9.97. The zero-order valence-corrected chi connectivity index (χ0v) is 11.8. The van der Waals surface area contributed by atoms with Crippen LogP contribution in [0.15, 0.2) is 42.5 Å². The first-order valence-electron chi connectivity index (χ1n) is 6.84. The number of hydrogen-bond acceptors (Lipinski definition) is 1. The van der Waals surface area contributed by atoms with Crippen molar-refractivity contribution in [1.29, 1.82) is 0 Å². The van der Waals surface area contributed by atoms with Crippen LogP contribution in [0.2, 0.25) is 0 Å². The van der Waals surface area contributed by atoms with Gasteiger partial charge in [-0.15, -0.1) is 0 Å². The Morgan fingerprint density at radius 1 is 1.00 bits per heavy atom. The summed E-state index contributed by atoms with van der Waals surface area (Å²) in [5.74, 6) is -0.972. The smallest absolute Gasteiger partial charge is 0.129 e. The molecule has 20 heavy (non-hydrogen) atoms. The number of benzene rings is 2. The lowest BCUT2D eigenvalue weighted by Gasteiger charge is -2.19. The molecule has 1 N–H and O–H groups in total. The number of likely N-dealkylation sites (N-methyl/N-ethyl adjacent to an activating group) is 1. The molecule has 0 saturated carbocycles. The molecule has 2 rings (SSSR count). The Balaban J connectivity index is 2.28. The number of hydrogen-bond donors (Lipinski definition) is 1. The molecule has 2 aromatic rings. The molecule has 106 valence electrons. The van der Waals surface area contributed by atoms with E-state index in [2.05, 4.69) is 5.32 Å². The van der Waals surface area contributed by atoms with Gasteiger partial charge in [-0.2, -0.15) is 0 Å². The predicted octanol–water partition coefficient (Wildman–Crippen LogP) is 4.17. The summed E-state index contributed by atoms with van der Waals surface area (Å²) in [6.07, 6.45) is 0.301. The largest absolute Gasteiger partial charge is 0.310 e. The summed E-state index contributed by atoms with van der Waals surface area (Å²) in [6.45, 7) is 4.75. The summed E-state index contributed by atoms with van der Waals surface area (Å²) in [7, 11) is 0. The van der Waals surface area contributed by atoms with Crippen molar-refractivity contribution in [2.45, 2.75) is 26.3 Å². The van der Waals surface area contributed by atoms with Crippen molar-refractivity contribution in [2.24, 2.45) is 0 Å². The van der Waals surface area contributed by atoms with Crippen LogP contribution in [0.25, 0.3) is 0 Å². The van der Waals surface area contributed by atoms with Gasteiger partial charge in [-0.25, -0.2) is 8.78 Å². The molecule has 0 aliphatic rings. The molecule has 0 bridgehead atoms. The van der Waals surface area contributed by atoms with Crippen LogP contribution < -0.4 is 5.32 Å². The number of nitrogens with one attached hydrogen (secondary N) is 1. The molecular weight excluding hydrogens is 256 g/mol. The van der Waals surface area contributed by atoms with E-state index in [4.69, 9.17) is 0 Å². The SMILES string of the molecule is CCNC(Cc1c(F)cccc1F)c1ccc(C)cc1. The Hall–Kier alpha value is -1.74. The quantitative estimate of drug-likeness (QED) is 0.863. The third-order valence-electron chi connectivity index (χ3n) is 3.40. The van der Waals surface area contributed by atoms with Gasteiger partial charge >= 0.3 is 0 Å². The second-order valence-electron chi connectivity index (χ2n) is 4.93. The van der Waals surface area contributed by atoms with Crippen LogP contribution in [0.1, 0.15) is 29.7 Å². The lowest BCUT2D eigenvalue weighted by Crippen LogP contribution is -2.23. The second-order valence-corrected chi connectivity index (χ2v) is 4.93. The summed E-state index contributed by atoms with van der Waals surface area (Å²) >= 11 is 0. The molecule has 1 nitrogen and oxygen atoms in total. The molecular formula is C17H19F2N. The summed E-state index contributed by atoms with van der Waals surface area (Å²) in [4.78, 5) is 0. The standard InChI is InChI=1S/C17H19F2N/c1-3-20-17(13-9-7-12(2)8-10-13)11-14-15(18)5-4-6-16(14)19/h4-10,17,20H,3,11H2,1-2H3. The molecule has 0 radical (unpaired) electrons. The number of aryl methyl sites for hydroxylation is 1. The van der Waals surface area contributed by atoms with Gasteiger partial charge in [0.2, 0.25) is 0 Å². The maximum Gasteiger partial charge on any atom is 0.129 e. The Morgan fingerprint density at radius 3 is 2.15 bits per heavy atom. The molecule has 2 aromatic carbocycles. The van der Waals surface area contributed by atoms with Gasteiger partial charge < -0.3 is 5.32 Å². The van der Waals surface area contributed by atoms with Crippen LogP contribution >= 0.6 is 0 Å². The first-order valence-corrected chi connectivity index (χ1v) is 6.84. The maximum atomic E-state index is 13.8. The van der Waals surface area contributed by atoms with E-state index in [9.17, 15) is 8.78 Å². The molecule has 3 heteroatoms. The second kappa shape index (κ2) is 6.62. The third-order valence-corrected chi connectivity index (χ3v) is 3.40. The van der Waals surface area contributed by atoms with E-state index in [1.807, 2.05) is 38.1 Å². The summed E-state index contributed by atoms with van der Waals surface area (Å²) in [5.41, 5.74) is 2.35. The third kappa shape index (κ3) is 3.42. The van der Waals surface area contributed by atoms with Gasteiger partial charge in [0.15, 0.2) is 0 Å². The van der Waals surface area contributed by atoms with Crippen LogP contribution in [0.5, 0.6) is 0 Å². The van der Waals surface area contributed by atoms with Crippen molar-refractivity contribution in [3.63, 3.8) is 0 Å². The van der Waals surface area contributed by atoms with Gasteiger partial charge in [-0.3, -0.25) is 0 Å². The minimum atomic E-state index is -0.486. The first kappa shape index (κ1) is 14.7. The predicted molar refractivity (Wildman–Crippen MR) is 77.7 cm³/mol. The molecule has 1 unspecified atom stereocenters. The van der Waals surface area contributed by atoms with E-state index >= 15 is 0 Å². The molecule has 0 amide bonds. The highest BCUT2D eigenvalue weighted by Crippen LogP contribution is 2.22. The molecule has 0 saturated heterocycles. The fourth-order valence-corrected chi connectivity index (χ4v) is 2.28. The lowest BCUT2D eigenvalue weighted by molar-refractivity contribution is 0.499. The fraction of sp³-hybridized carbons (Fsp3) is 0.294. The van der Waals surface area contributed by atoms with Gasteiger partial charge in [0.25, 0.3) is 0 Å². The van der Waals surface area contributed by atoms with Crippen LogP contribution in [-0.4, -0.2) is 6.54 Å². The highest BCUT2D eigenvalue weighted by atomic mass is 19.1. The number of rotatable bonds is 5.